The SMILES string of the molecule is COc1cc(NC(=O)C(C)C)ccc1NC(=O)c1ccccc1Cl. The van der Waals surface area contributed by atoms with Gasteiger partial charge < -0.3 is 15.4 Å². The van der Waals surface area contributed by atoms with Gasteiger partial charge in [-0.25, -0.2) is 0 Å². The average molecular weight is 347 g/mol. The van der Waals surface area contributed by atoms with Crippen LogP contribution in [0.4, 0.5) is 11.4 Å². The van der Waals surface area contributed by atoms with Crippen molar-refractivity contribution < 1.29 is 14.3 Å². The molecule has 0 aliphatic carbocycles. The van der Waals surface area contributed by atoms with Crippen molar-refractivity contribution in [1.29, 1.82) is 0 Å². The van der Waals surface area contributed by atoms with Crippen LogP contribution in [0, 0.1) is 5.92 Å². The lowest BCUT2D eigenvalue weighted by molar-refractivity contribution is -0.118. The van der Waals surface area contributed by atoms with Gasteiger partial charge in [-0.3, -0.25) is 9.59 Å². The van der Waals surface area contributed by atoms with Crippen molar-refractivity contribution in [1.82, 2.24) is 0 Å². The second kappa shape index (κ2) is 7.84. The van der Waals surface area contributed by atoms with Crippen LogP contribution in [0.2, 0.25) is 5.02 Å². The highest BCUT2D eigenvalue weighted by Crippen LogP contribution is 2.29. The van der Waals surface area contributed by atoms with Crippen LogP contribution in [0.15, 0.2) is 42.5 Å². The van der Waals surface area contributed by atoms with Crippen molar-refractivity contribution in [3.63, 3.8) is 0 Å². The zero-order chi connectivity index (χ0) is 17.7. The normalized spacial score (nSPS) is 10.4. The summed E-state index contributed by atoms with van der Waals surface area (Å²) in [4.78, 5) is 24.1. The monoisotopic (exact) mass is 346 g/mol. The first-order valence-electron chi connectivity index (χ1n) is 7.47. The molecule has 2 amide bonds. The van der Waals surface area contributed by atoms with Gasteiger partial charge in [0, 0.05) is 17.7 Å². The average Bonchev–Trinajstić information content (AvgIpc) is 2.56. The zero-order valence-electron chi connectivity index (χ0n) is 13.7. The lowest BCUT2D eigenvalue weighted by Gasteiger charge is -2.14. The van der Waals surface area contributed by atoms with E-state index in [1.165, 1.54) is 7.11 Å². The van der Waals surface area contributed by atoms with Gasteiger partial charge in [0.25, 0.3) is 5.91 Å². The molecule has 2 rings (SSSR count). The number of methoxy groups -OCH3 is 1. The van der Waals surface area contributed by atoms with Crippen molar-refractivity contribution >= 4 is 34.8 Å². The van der Waals surface area contributed by atoms with E-state index in [9.17, 15) is 9.59 Å². The van der Waals surface area contributed by atoms with E-state index in [-0.39, 0.29) is 17.7 Å². The number of carbonyl (C=O) groups excluding carboxylic acids is 2. The fraction of sp³-hybridized carbons (Fsp3) is 0.222. The molecule has 0 spiro atoms. The van der Waals surface area contributed by atoms with Gasteiger partial charge in [0.2, 0.25) is 5.91 Å². The molecule has 0 radical (unpaired) electrons. The van der Waals surface area contributed by atoms with E-state index in [1.54, 1.807) is 42.5 Å². The summed E-state index contributed by atoms with van der Waals surface area (Å²) in [5.74, 6) is -0.115. The Labute approximate surface area is 146 Å². The fourth-order valence-corrected chi connectivity index (χ4v) is 2.22. The number of anilines is 2. The lowest BCUT2D eigenvalue weighted by atomic mass is 10.2. The summed E-state index contributed by atoms with van der Waals surface area (Å²) < 4.78 is 5.30. The van der Waals surface area contributed by atoms with Gasteiger partial charge in [0.05, 0.1) is 23.4 Å². The first-order chi connectivity index (χ1) is 11.4. The predicted molar refractivity (Wildman–Crippen MR) is 95.9 cm³/mol. The number of carbonyl (C=O) groups is 2. The van der Waals surface area contributed by atoms with Gasteiger partial charge in [-0.15, -0.1) is 0 Å². The van der Waals surface area contributed by atoms with Gasteiger partial charge in [0.1, 0.15) is 5.75 Å². The molecule has 0 aromatic heterocycles. The van der Waals surface area contributed by atoms with Crippen molar-refractivity contribution in [2.45, 2.75) is 13.8 Å². The molecular weight excluding hydrogens is 328 g/mol. The molecule has 5 nitrogen and oxygen atoms in total. The van der Waals surface area contributed by atoms with Crippen LogP contribution in [-0.2, 0) is 4.79 Å². The molecule has 2 N–H and O–H groups in total. The van der Waals surface area contributed by atoms with E-state index >= 15 is 0 Å². The van der Waals surface area contributed by atoms with E-state index in [4.69, 9.17) is 16.3 Å². The molecule has 0 fully saturated rings. The number of halogens is 1. The quantitative estimate of drug-likeness (QED) is 0.852. The summed E-state index contributed by atoms with van der Waals surface area (Å²) in [7, 11) is 1.49. The maximum atomic E-state index is 12.3. The van der Waals surface area contributed by atoms with Gasteiger partial charge in [-0.05, 0) is 24.3 Å². The minimum atomic E-state index is -0.335. The number of ether oxygens (including phenoxy) is 1. The minimum Gasteiger partial charge on any atom is -0.494 e. The highest BCUT2D eigenvalue weighted by atomic mass is 35.5. The molecule has 0 heterocycles. The minimum absolute atomic E-state index is 0.0927. The van der Waals surface area contributed by atoms with E-state index in [1.807, 2.05) is 13.8 Å². The third kappa shape index (κ3) is 4.26. The largest absolute Gasteiger partial charge is 0.494 e. The lowest BCUT2D eigenvalue weighted by Crippen LogP contribution is -2.18. The topological polar surface area (TPSA) is 67.4 Å². The molecular formula is C18H19ClN2O3. The first kappa shape index (κ1) is 17.8. The number of amides is 2. The predicted octanol–water partition coefficient (Wildman–Crippen LogP) is 4.20. The summed E-state index contributed by atoms with van der Waals surface area (Å²) in [5.41, 5.74) is 1.46. The van der Waals surface area contributed by atoms with Crippen LogP contribution >= 0.6 is 11.6 Å². The highest BCUT2D eigenvalue weighted by molar-refractivity contribution is 6.34. The second-order valence-electron chi connectivity index (χ2n) is 5.49. The van der Waals surface area contributed by atoms with Crippen molar-refractivity contribution in [2.75, 3.05) is 17.7 Å². The van der Waals surface area contributed by atoms with Crippen molar-refractivity contribution in [3.8, 4) is 5.75 Å². The van der Waals surface area contributed by atoms with Crippen LogP contribution in [0.1, 0.15) is 24.2 Å². The third-order valence-electron chi connectivity index (χ3n) is 3.36. The Bertz CT molecular complexity index is 760. The van der Waals surface area contributed by atoms with E-state index in [0.29, 0.717) is 27.7 Å². The molecule has 2 aromatic carbocycles. The maximum Gasteiger partial charge on any atom is 0.257 e. The van der Waals surface area contributed by atoms with Gasteiger partial charge in [-0.1, -0.05) is 37.6 Å². The Hall–Kier alpha value is -2.53. The molecule has 0 aliphatic rings. The molecule has 6 heteroatoms. The molecule has 0 saturated carbocycles. The number of nitrogens with one attached hydrogen (secondary N) is 2. The Morgan fingerprint density at radius 2 is 1.79 bits per heavy atom. The molecule has 0 unspecified atom stereocenters. The van der Waals surface area contributed by atoms with E-state index < -0.39 is 0 Å². The molecule has 0 saturated heterocycles. The Kier molecular flexibility index (Phi) is 5.82. The van der Waals surface area contributed by atoms with Crippen molar-refractivity contribution in [3.05, 3.63) is 53.1 Å². The van der Waals surface area contributed by atoms with Crippen LogP contribution in [0.25, 0.3) is 0 Å². The third-order valence-corrected chi connectivity index (χ3v) is 3.69. The molecule has 126 valence electrons. The molecule has 2 aromatic rings. The number of hydrogen-bond donors (Lipinski definition) is 2. The molecule has 0 aliphatic heterocycles. The summed E-state index contributed by atoms with van der Waals surface area (Å²) in [6.07, 6.45) is 0. The fourth-order valence-electron chi connectivity index (χ4n) is 1.99. The maximum absolute atomic E-state index is 12.3. The van der Waals surface area contributed by atoms with Gasteiger partial charge >= 0.3 is 0 Å². The Morgan fingerprint density at radius 1 is 1.08 bits per heavy atom. The standard InChI is InChI=1S/C18H19ClN2O3/c1-11(2)17(22)20-12-8-9-15(16(10-12)24-3)21-18(23)13-6-4-5-7-14(13)19/h4-11H,1-3H3,(H,20,22)(H,21,23). The number of rotatable bonds is 5. The van der Waals surface area contributed by atoms with Crippen LogP contribution in [0.3, 0.4) is 0 Å². The smallest absolute Gasteiger partial charge is 0.257 e. The Morgan fingerprint density at radius 3 is 2.42 bits per heavy atom. The number of hydrogen-bond acceptors (Lipinski definition) is 3. The zero-order valence-corrected chi connectivity index (χ0v) is 14.5. The summed E-state index contributed by atoms with van der Waals surface area (Å²) in [6.45, 7) is 3.62. The Balaban J connectivity index is 2.20. The van der Waals surface area contributed by atoms with Crippen LogP contribution in [-0.4, -0.2) is 18.9 Å². The van der Waals surface area contributed by atoms with Crippen molar-refractivity contribution in [2.24, 2.45) is 5.92 Å². The van der Waals surface area contributed by atoms with Crippen LogP contribution in [0.5, 0.6) is 5.75 Å². The summed E-state index contributed by atoms with van der Waals surface area (Å²) >= 11 is 6.03. The number of benzene rings is 2. The molecule has 0 bridgehead atoms. The summed E-state index contributed by atoms with van der Waals surface area (Å²) in [5, 5.41) is 5.92. The first-order valence-corrected chi connectivity index (χ1v) is 7.85. The molecule has 24 heavy (non-hydrogen) atoms. The molecule has 0 atom stereocenters. The highest BCUT2D eigenvalue weighted by Gasteiger charge is 2.14. The summed E-state index contributed by atoms with van der Waals surface area (Å²) in [6, 6.07) is 11.8. The van der Waals surface area contributed by atoms with E-state index in [2.05, 4.69) is 10.6 Å². The second-order valence-corrected chi connectivity index (χ2v) is 5.90. The van der Waals surface area contributed by atoms with Gasteiger partial charge in [-0.2, -0.15) is 0 Å². The van der Waals surface area contributed by atoms with Gasteiger partial charge in [0.15, 0.2) is 0 Å². The van der Waals surface area contributed by atoms with E-state index in [0.717, 1.165) is 0 Å². The van der Waals surface area contributed by atoms with Crippen LogP contribution < -0.4 is 15.4 Å².